The lowest BCUT2D eigenvalue weighted by atomic mass is 9.94. The molecule has 3 nitrogen and oxygen atoms in total. The van der Waals surface area contributed by atoms with E-state index in [0.717, 1.165) is 50.3 Å². The van der Waals surface area contributed by atoms with Crippen molar-refractivity contribution in [2.45, 2.75) is 0 Å². The van der Waals surface area contributed by atoms with E-state index in [1.807, 2.05) is 66.9 Å². The molecule has 0 aliphatic rings. The van der Waals surface area contributed by atoms with Crippen molar-refractivity contribution in [3.63, 3.8) is 0 Å². The van der Waals surface area contributed by atoms with Crippen LogP contribution in [0.3, 0.4) is 0 Å². The van der Waals surface area contributed by atoms with Crippen molar-refractivity contribution < 1.29 is 0 Å². The average Bonchev–Trinajstić information content (AvgIpc) is 3.33. The van der Waals surface area contributed by atoms with E-state index in [0.29, 0.717) is 5.02 Å². The number of halogens is 1. The Kier molecular flexibility index (Phi) is 4.07. The van der Waals surface area contributed by atoms with Crippen LogP contribution < -0.4 is 5.46 Å². The van der Waals surface area contributed by atoms with E-state index in [1.54, 1.807) is 0 Å². The van der Waals surface area contributed by atoms with Crippen LogP contribution in [0.5, 0.6) is 0 Å². The van der Waals surface area contributed by atoms with Gasteiger partial charge in [-0.05, 0) is 18.2 Å². The van der Waals surface area contributed by atoms with Crippen LogP contribution in [0.2, 0.25) is 5.02 Å². The number of fused-ring (bicyclic) bond motifs is 1. The third-order valence-corrected chi connectivity index (χ3v) is 5.10. The Bertz CT molecular complexity index is 1270. The Morgan fingerprint density at radius 2 is 1.64 bits per heavy atom. The number of hydrogen-bond donors (Lipinski definition) is 2. The monoisotopic (exact) mass is 379 g/mol. The molecule has 0 saturated carbocycles. The maximum Gasteiger partial charge on any atom is 0.140 e. The minimum atomic E-state index is 0.705. The third kappa shape index (κ3) is 2.92. The van der Waals surface area contributed by atoms with Gasteiger partial charge in [0.1, 0.15) is 13.7 Å². The second-order valence-electron chi connectivity index (χ2n) is 6.69. The first kappa shape index (κ1) is 16.9. The van der Waals surface area contributed by atoms with E-state index in [1.165, 1.54) is 0 Å². The highest BCUT2D eigenvalue weighted by Crippen LogP contribution is 2.35. The summed E-state index contributed by atoms with van der Waals surface area (Å²) >= 11 is 6.08. The fraction of sp³-hybridized carbons (Fsp3) is 0. The number of nitrogens with zero attached hydrogens (tertiary/aromatic N) is 1. The zero-order valence-electron chi connectivity index (χ0n) is 14.9. The van der Waals surface area contributed by atoms with Gasteiger partial charge < -0.3 is 9.97 Å². The molecule has 0 atom stereocenters. The van der Waals surface area contributed by atoms with Gasteiger partial charge >= 0.3 is 0 Å². The molecule has 28 heavy (non-hydrogen) atoms. The SMILES string of the molecule is [B]c1ccc2[nH]cc(-c3nc(-c4ccccc4)c(-c4ccc(Cl)cc4)[nH]3)c2c1. The molecule has 0 amide bonds. The fourth-order valence-electron chi connectivity index (χ4n) is 3.47. The molecular formula is C23H15BClN3. The molecule has 0 saturated heterocycles. The lowest BCUT2D eigenvalue weighted by molar-refractivity contribution is 1.31. The van der Waals surface area contributed by atoms with Gasteiger partial charge in [-0.3, -0.25) is 0 Å². The van der Waals surface area contributed by atoms with E-state index < -0.39 is 0 Å². The Labute approximate surface area is 168 Å². The zero-order chi connectivity index (χ0) is 19.1. The number of aromatic amines is 2. The molecule has 0 spiro atoms. The van der Waals surface area contributed by atoms with Crippen molar-refractivity contribution in [1.82, 2.24) is 15.0 Å². The van der Waals surface area contributed by atoms with Crippen LogP contribution >= 0.6 is 11.6 Å². The molecule has 132 valence electrons. The van der Waals surface area contributed by atoms with E-state index in [9.17, 15) is 0 Å². The van der Waals surface area contributed by atoms with E-state index in [-0.39, 0.29) is 0 Å². The topological polar surface area (TPSA) is 44.5 Å². The summed E-state index contributed by atoms with van der Waals surface area (Å²) in [7, 11) is 6.00. The van der Waals surface area contributed by atoms with Gasteiger partial charge in [0, 0.05) is 38.8 Å². The first-order valence-corrected chi connectivity index (χ1v) is 9.35. The molecule has 3 aromatic carbocycles. The Morgan fingerprint density at radius 3 is 2.43 bits per heavy atom. The van der Waals surface area contributed by atoms with Crippen LogP contribution in [0.15, 0.2) is 79.0 Å². The summed E-state index contributed by atoms with van der Waals surface area (Å²) < 4.78 is 0. The second-order valence-corrected chi connectivity index (χ2v) is 7.13. The minimum Gasteiger partial charge on any atom is -0.360 e. The van der Waals surface area contributed by atoms with E-state index in [4.69, 9.17) is 24.4 Å². The molecule has 2 aromatic heterocycles. The van der Waals surface area contributed by atoms with Crippen LogP contribution in [-0.4, -0.2) is 22.8 Å². The number of H-pyrrole nitrogens is 2. The van der Waals surface area contributed by atoms with Crippen molar-refractivity contribution in [3.8, 4) is 33.9 Å². The van der Waals surface area contributed by atoms with Gasteiger partial charge in [-0.15, -0.1) is 0 Å². The van der Waals surface area contributed by atoms with Crippen molar-refractivity contribution in [2.75, 3.05) is 0 Å². The highest BCUT2D eigenvalue weighted by atomic mass is 35.5. The molecule has 0 aliphatic carbocycles. The summed E-state index contributed by atoms with van der Waals surface area (Å²) in [4.78, 5) is 11.8. The largest absolute Gasteiger partial charge is 0.360 e. The maximum atomic E-state index is 6.08. The average molecular weight is 380 g/mol. The molecule has 5 heteroatoms. The van der Waals surface area contributed by atoms with Crippen molar-refractivity contribution in [2.24, 2.45) is 0 Å². The minimum absolute atomic E-state index is 0.705. The molecule has 2 heterocycles. The van der Waals surface area contributed by atoms with Gasteiger partial charge in [0.15, 0.2) is 0 Å². The van der Waals surface area contributed by atoms with Gasteiger partial charge in [-0.2, -0.15) is 0 Å². The molecule has 2 N–H and O–H groups in total. The maximum absolute atomic E-state index is 6.08. The first-order valence-electron chi connectivity index (χ1n) is 8.97. The molecule has 5 rings (SSSR count). The number of nitrogens with one attached hydrogen (secondary N) is 2. The molecule has 0 fully saturated rings. The fourth-order valence-corrected chi connectivity index (χ4v) is 3.59. The van der Waals surface area contributed by atoms with Crippen molar-refractivity contribution in [1.29, 1.82) is 0 Å². The van der Waals surface area contributed by atoms with Crippen molar-refractivity contribution in [3.05, 3.63) is 84.0 Å². The molecular weight excluding hydrogens is 365 g/mol. The molecule has 2 radical (unpaired) electrons. The summed E-state index contributed by atoms with van der Waals surface area (Å²) in [5, 5.41) is 1.74. The molecule has 0 aliphatic heterocycles. The third-order valence-electron chi connectivity index (χ3n) is 4.84. The number of aromatic nitrogens is 3. The van der Waals surface area contributed by atoms with Crippen LogP contribution in [0.1, 0.15) is 0 Å². The quantitative estimate of drug-likeness (QED) is 0.408. The molecule has 0 bridgehead atoms. The Hall–Kier alpha value is -3.24. The normalized spacial score (nSPS) is 11.2. The van der Waals surface area contributed by atoms with Gasteiger partial charge in [-0.25, -0.2) is 4.98 Å². The predicted molar refractivity (Wildman–Crippen MR) is 117 cm³/mol. The van der Waals surface area contributed by atoms with Crippen LogP contribution in [0, 0.1) is 0 Å². The summed E-state index contributed by atoms with van der Waals surface area (Å²) in [6, 6.07) is 23.8. The zero-order valence-corrected chi connectivity index (χ0v) is 15.7. The number of imidazole rings is 1. The van der Waals surface area contributed by atoms with Crippen molar-refractivity contribution >= 4 is 35.8 Å². The predicted octanol–water partition coefficient (Wildman–Crippen LogP) is 5.34. The molecule has 0 unspecified atom stereocenters. The van der Waals surface area contributed by atoms with Gasteiger partial charge in [-0.1, -0.05) is 71.7 Å². The number of hydrogen-bond acceptors (Lipinski definition) is 1. The van der Waals surface area contributed by atoms with Crippen LogP contribution in [0.25, 0.3) is 44.8 Å². The van der Waals surface area contributed by atoms with Gasteiger partial charge in [0.25, 0.3) is 0 Å². The van der Waals surface area contributed by atoms with Crippen LogP contribution in [0.4, 0.5) is 0 Å². The van der Waals surface area contributed by atoms with Gasteiger partial charge in [0.05, 0.1) is 11.4 Å². The van der Waals surface area contributed by atoms with Crippen LogP contribution in [-0.2, 0) is 0 Å². The summed E-state index contributed by atoms with van der Waals surface area (Å²) in [6.07, 6.45) is 1.96. The number of rotatable bonds is 3. The Morgan fingerprint density at radius 1 is 0.857 bits per heavy atom. The Balaban J connectivity index is 1.73. The van der Waals surface area contributed by atoms with E-state index >= 15 is 0 Å². The highest BCUT2D eigenvalue weighted by molar-refractivity contribution is 6.33. The summed E-state index contributed by atoms with van der Waals surface area (Å²) in [5.41, 5.74) is 6.67. The lowest BCUT2D eigenvalue weighted by Crippen LogP contribution is -1.99. The smallest absolute Gasteiger partial charge is 0.140 e. The number of benzene rings is 3. The lowest BCUT2D eigenvalue weighted by Gasteiger charge is -2.03. The molecule has 5 aromatic rings. The second kappa shape index (κ2) is 6.73. The van der Waals surface area contributed by atoms with E-state index in [2.05, 4.69) is 22.1 Å². The first-order chi connectivity index (χ1) is 13.7. The van der Waals surface area contributed by atoms with Gasteiger partial charge in [0.2, 0.25) is 0 Å². The summed E-state index contributed by atoms with van der Waals surface area (Å²) in [6.45, 7) is 0. The summed E-state index contributed by atoms with van der Waals surface area (Å²) in [5.74, 6) is 0.792. The highest BCUT2D eigenvalue weighted by Gasteiger charge is 2.17. The standard InChI is InChI=1S/C23H15BClN3/c24-16-8-11-20-18(12-16)19(13-26-20)23-27-21(14-4-2-1-3-5-14)22(28-23)15-6-9-17(25)10-7-15/h1-13,26H,(H,27,28).